The summed E-state index contributed by atoms with van der Waals surface area (Å²) >= 11 is 0. The highest BCUT2D eigenvalue weighted by Gasteiger charge is 2.53. The molecule has 1 aromatic carbocycles. The van der Waals surface area contributed by atoms with E-state index >= 15 is 0 Å². The van der Waals surface area contributed by atoms with Gasteiger partial charge in [0.25, 0.3) is 0 Å². The molecule has 138 valence electrons. The summed E-state index contributed by atoms with van der Waals surface area (Å²) in [5.74, 6) is -2.69. The van der Waals surface area contributed by atoms with Gasteiger partial charge < -0.3 is 35.0 Å². The number of aromatic hydroxyl groups is 2. The predicted octanol–water partition coefficient (Wildman–Crippen LogP) is -0.649. The minimum atomic E-state index is -1.79. The number of rotatable bonds is 5. The van der Waals surface area contributed by atoms with Crippen molar-refractivity contribution in [3.05, 3.63) is 23.3 Å². The van der Waals surface area contributed by atoms with Gasteiger partial charge in [0.1, 0.15) is 29.3 Å². The molecule has 0 aromatic heterocycles. The predicted molar refractivity (Wildman–Crippen MR) is 81.9 cm³/mol. The molecule has 0 saturated carbocycles. The Labute approximate surface area is 143 Å². The average molecular weight is 356 g/mol. The van der Waals surface area contributed by atoms with Crippen LogP contribution in [-0.4, -0.2) is 68.0 Å². The Balaban J connectivity index is 2.17. The third kappa shape index (κ3) is 3.53. The fourth-order valence-electron chi connectivity index (χ4n) is 2.83. The summed E-state index contributed by atoms with van der Waals surface area (Å²) in [6.07, 6.45) is -4.69. The van der Waals surface area contributed by atoms with Gasteiger partial charge in [0.15, 0.2) is 11.7 Å². The number of carbonyl (C=O) groups excluding carboxylic acids is 2. The number of cyclic esters (lactones) is 1. The topological polar surface area (TPSA) is 154 Å². The monoisotopic (exact) mass is 356 g/mol. The first-order valence-electron chi connectivity index (χ1n) is 7.54. The molecule has 1 aromatic rings. The lowest BCUT2D eigenvalue weighted by molar-refractivity contribution is -0.176. The highest BCUT2D eigenvalue weighted by molar-refractivity contribution is 5.94. The molecule has 1 saturated heterocycles. The summed E-state index contributed by atoms with van der Waals surface area (Å²) in [6, 6.07) is 2.22. The van der Waals surface area contributed by atoms with Crippen molar-refractivity contribution >= 4 is 11.9 Å². The summed E-state index contributed by atoms with van der Waals surface area (Å²) in [7, 11) is 0. The maximum atomic E-state index is 12.3. The fourth-order valence-corrected chi connectivity index (χ4v) is 2.83. The highest BCUT2D eigenvalue weighted by Crippen LogP contribution is 2.33. The van der Waals surface area contributed by atoms with Crippen molar-refractivity contribution in [1.82, 2.24) is 0 Å². The molecule has 5 N–H and O–H groups in total. The number of hydrogen-bond donors (Lipinski definition) is 5. The first-order chi connectivity index (χ1) is 11.6. The van der Waals surface area contributed by atoms with Gasteiger partial charge in [0.05, 0.1) is 6.61 Å². The van der Waals surface area contributed by atoms with Crippen LogP contribution < -0.4 is 0 Å². The Hall–Kier alpha value is -2.36. The fraction of sp³-hybridized carbons (Fsp3) is 0.500. The van der Waals surface area contributed by atoms with E-state index in [4.69, 9.17) is 9.47 Å². The van der Waals surface area contributed by atoms with Crippen LogP contribution in [0, 0.1) is 6.92 Å². The molecule has 1 fully saturated rings. The Morgan fingerprint density at radius 3 is 2.56 bits per heavy atom. The lowest BCUT2D eigenvalue weighted by atomic mass is 9.90. The summed E-state index contributed by atoms with van der Waals surface area (Å²) in [4.78, 5) is 23.6. The maximum absolute atomic E-state index is 12.3. The molecule has 0 amide bonds. The molecule has 4 atom stereocenters. The van der Waals surface area contributed by atoms with Gasteiger partial charge in [-0.05, 0) is 25.5 Å². The Morgan fingerprint density at radius 1 is 1.44 bits per heavy atom. The van der Waals surface area contributed by atoms with E-state index in [1.807, 2.05) is 0 Å². The Kier molecular flexibility index (Phi) is 5.21. The van der Waals surface area contributed by atoms with Crippen LogP contribution in [0.1, 0.15) is 29.3 Å². The van der Waals surface area contributed by atoms with Crippen molar-refractivity contribution in [3.8, 4) is 11.5 Å². The van der Waals surface area contributed by atoms with Gasteiger partial charge in [-0.2, -0.15) is 0 Å². The number of aliphatic hydroxyl groups excluding tert-OH is 3. The maximum Gasteiger partial charge on any atom is 0.342 e. The summed E-state index contributed by atoms with van der Waals surface area (Å²) in [5, 5.41) is 48.5. The first-order valence-corrected chi connectivity index (χ1v) is 7.54. The van der Waals surface area contributed by atoms with Crippen molar-refractivity contribution in [3.63, 3.8) is 0 Å². The number of aryl methyl sites for hydroxylation is 1. The molecule has 2 rings (SSSR count). The number of phenolic OH excluding ortho intramolecular Hbond substituents is 2. The van der Waals surface area contributed by atoms with E-state index in [0.29, 0.717) is 0 Å². The van der Waals surface area contributed by atoms with Gasteiger partial charge in [0.2, 0.25) is 0 Å². The van der Waals surface area contributed by atoms with Crippen LogP contribution in [0.3, 0.4) is 0 Å². The number of phenols is 2. The average Bonchev–Trinajstić information content (AvgIpc) is 2.81. The molecule has 0 spiro atoms. The summed E-state index contributed by atoms with van der Waals surface area (Å²) in [5.41, 5.74) is -1.73. The van der Waals surface area contributed by atoms with E-state index in [-0.39, 0.29) is 23.3 Å². The van der Waals surface area contributed by atoms with Crippen molar-refractivity contribution in [1.29, 1.82) is 0 Å². The summed E-state index contributed by atoms with van der Waals surface area (Å²) in [6.45, 7) is 2.01. The molecule has 9 nitrogen and oxygen atoms in total. The van der Waals surface area contributed by atoms with Crippen molar-refractivity contribution in [2.75, 3.05) is 6.61 Å². The Bertz CT molecular complexity index is 663. The molecule has 25 heavy (non-hydrogen) atoms. The zero-order valence-corrected chi connectivity index (χ0v) is 13.7. The van der Waals surface area contributed by atoms with Crippen LogP contribution in [0.5, 0.6) is 11.5 Å². The molecule has 0 aliphatic carbocycles. The third-order valence-electron chi connectivity index (χ3n) is 4.16. The number of carbonyl (C=O) groups is 2. The standard InChI is InChI=1S/C16H20O9/c1-7-3-9(18)4-10(19)12(7)15(23)24-8(2)13(21)16(6-17)5-11(20)14(22)25-16/h3-4,8,11,13,17-21H,5-6H2,1-2H3. The number of hydrogen-bond acceptors (Lipinski definition) is 9. The van der Waals surface area contributed by atoms with Crippen LogP contribution in [0.4, 0.5) is 0 Å². The van der Waals surface area contributed by atoms with Crippen LogP contribution >= 0.6 is 0 Å². The van der Waals surface area contributed by atoms with E-state index in [1.165, 1.54) is 19.9 Å². The molecule has 4 unspecified atom stereocenters. The lowest BCUT2D eigenvalue weighted by Crippen LogP contribution is -2.52. The molecule has 1 aliphatic heterocycles. The number of aliphatic hydroxyl groups is 3. The normalized spacial score (nSPS) is 25.3. The van der Waals surface area contributed by atoms with Crippen LogP contribution in [-0.2, 0) is 14.3 Å². The second-order valence-electron chi connectivity index (χ2n) is 6.08. The van der Waals surface area contributed by atoms with Gasteiger partial charge >= 0.3 is 11.9 Å². The van der Waals surface area contributed by atoms with Crippen LogP contribution in [0.15, 0.2) is 12.1 Å². The van der Waals surface area contributed by atoms with E-state index in [9.17, 15) is 35.1 Å². The van der Waals surface area contributed by atoms with Crippen LogP contribution in [0.25, 0.3) is 0 Å². The van der Waals surface area contributed by atoms with Crippen molar-refractivity contribution in [2.45, 2.75) is 44.2 Å². The SMILES string of the molecule is Cc1cc(O)cc(O)c1C(=O)OC(C)C(O)C1(CO)CC(O)C(=O)O1. The lowest BCUT2D eigenvalue weighted by Gasteiger charge is -2.33. The number of esters is 2. The Morgan fingerprint density at radius 2 is 2.08 bits per heavy atom. The molecular formula is C16H20O9. The number of benzene rings is 1. The summed E-state index contributed by atoms with van der Waals surface area (Å²) < 4.78 is 9.98. The van der Waals surface area contributed by atoms with Crippen molar-refractivity contribution in [2.24, 2.45) is 0 Å². The third-order valence-corrected chi connectivity index (χ3v) is 4.16. The second kappa shape index (κ2) is 6.87. The van der Waals surface area contributed by atoms with Crippen molar-refractivity contribution < 1.29 is 44.6 Å². The van der Waals surface area contributed by atoms with E-state index in [1.54, 1.807) is 0 Å². The quantitative estimate of drug-likeness (QED) is 0.433. The van der Waals surface area contributed by atoms with E-state index in [0.717, 1.165) is 6.07 Å². The molecule has 0 radical (unpaired) electrons. The van der Waals surface area contributed by atoms with Gasteiger partial charge in [0, 0.05) is 12.5 Å². The molecule has 1 aliphatic rings. The molecule has 1 heterocycles. The smallest absolute Gasteiger partial charge is 0.342 e. The largest absolute Gasteiger partial charge is 0.508 e. The zero-order valence-electron chi connectivity index (χ0n) is 13.7. The zero-order chi connectivity index (χ0) is 18.9. The molecule has 0 bridgehead atoms. The number of ether oxygens (including phenoxy) is 2. The van der Waals surface area contributed by atoms with Gasteiger partial charge in [-0.3, -0.25) is 0 Å². The van der Waals surface area contributed by atoms with E-state index < -0.39 is 48.2 Å². The van der Waals surface area contributed by atoms with Gasteiger partial charge in [-0.25, -0.2) is 9.59 Å². The molecule has 9 heteroatoms. The van der Waals surface area contributed by atoms with Gasteiger partial charge in [-0.15, -0.1) is 0 Å². The highest BCUT2D eigenvalue weighted by atomic mass is 16.6. The minimum Gasteiger partial charge on any atom is -0.508 e. The first kappa shape index (κ1) is 19.0. The van der Waals surface area contributed by atoms with Crippen LogP contribution in [0.2, 0.25) is 0 Å². The van der Waals surface area contributed by atoms with Gasteiger partial charge in [-0.1, -0.05) is 0 Å². The molecular weight excluding hydrogens is 336 g/mol. The van der Waals surface area contributed by atoms with E-state index in [2.05, 4.69) is 0 Å². The second-order valence-corrected chi connectivity index (χ2v) is 6.08. The minimum absolute atomic E-state index is 0.196.